The van der Waals surface area contributed by atoms with Crippen LogP contribution in [0.15, 0.2) is 18.7 Å². The molecule has 2 nitrogen and oxygen atoms in total. The van der Waals surface area contributed by atoms with Gasteiger partial charge < -0.3 is 9.47 Å². The van der Waals surface area contributed by atoms with Crippen LogP contribution in [0.25, 0.3) is 0 Å². The molecule has 1 fully saturated rings. The first-order chi connectivity index (χ1) is 8.49. The average molecular weight is 328 g/mol. The second-order valence-corrected chi connectivity index (χ2v) is 5.62. The second kappa shape index (κ2) is 5.48. The molecule has 0 aromatic heterocycles. The molecular formula is C12H10Cl4O2. The van der Waals surface area contributed by atoms with Crippen LogP contribution < -0.4 is 4.74 Å². The number of benzene rings is 1. The fraction of sp³-hybridized carbons (Fsp3) is 0.333. The zero-order valence-corrected chi connectivity index (χ0v) is 12.3. The zero-order chi connectivity index (χ0) is 13.3. The molecule has 1 aromatic rings. The van der Waals surface area contributed by atoms with Crippen molar-refractivity contribution in [2.24, 2.45) is 0 Å². The van der Waals surface area contributed by atoms with Gasteiger partial charge in [-0.1, -0.05) is 52.5 Å². The molecule has 0 spiro atoms. The molecule has 0 aliphatic carbocycles. The molecule has 18 heavy (non-hydrogen) atoms. The zero-order valence-electron chi connectivity index (χ0n) is 9.31. The molecule has 1 atom stereocenters. The van der Waals surface area contributed by atoms with Crippen molar-refractivity contribution >= 4 is 46.4 Å². The van der Waals surface area contributed by atoms with Crippen molar-refractivity contribution in [1.82, 2.24) is 0 Å². The van der Waals surface area contributed by atoms with Gasteiger partial charge in [0.25, 0.3) is 0 Å². The van der Waals surface area contributed by atoms with E-state index in [1.807, 2.05) is 0 Å². The highest BCUT2D eigenvalue weighted by molar-refractivity contribution is 6.48. The maximum Gasteiger partial charge on any atom is 0.159 e. The number of ether oxygens (including phenoxy) is 2. The van der Waals surface area contributed by atoms with Crippen molar-refractivity contribution in [3.8, 4) is 5.75 Å². The highest BCUT2D eigenvalue weighted by atomic mass is 35.5. The van der Waals surface area contributed by atoms with Crippen molar-refractivity contribution in [1.29, 1.82) is 0 Å². The van der Waals surface area contributed by atoms with E-state index >= 15 is 0 Å². The first-order valence-corrected chi connectivity index (χ1v) is 6.71. The normalized spacial score (nSPS) is 21.8. The summed E-state index contributed by atoms with van der Waals surface area (Å²) in [6.07, 6.45) is 2.49. The number of halogens is 4. The first kappa shape index (κ1) is 14.3. The standard InChI is InChI=1S/C12H10Cl4O2/c1-2-3-12(6-18-12)5-17-11-9(15)7(13)4-8(14)10(11)16/h2,4H,1,3,5-6H2. The third kappa shape index (κ3) is 2.89. The lowest BCUT2D eigenvalue weighted by Crippen LogP contribution is -2.21. The minimum absolute atomic E-state index is 0.250. The molecular weight excluding hydrogens is 318 g/mol. The minimum Gasteiger partial charge on any atom is -0.487 e. The van der Waals surface area contributed by atoms with Crippen molar-refractivity contribution < 1.29 is 9.47 Å². The van der Waals surface area contributed by atoms with Crippen LogP contribution in [0.2, 0.25) is 20.1 Å². The molecule has 1 aliphatic heterocycles. The van der Waals surface area contributed by atoms with E-state index in [4.69, 9.17) is 55.9 Å². The molecule has 0 N–H and O–H groups in total. The van der Waals surface area contributed by atoms with Crippen molar-refractivity contribution in [2.45, 2.75) is 12.0 Å². The van der Waals surface area contributed by atoms with Crippen LogP contribution in [-0.2, 0) is 4.74 Å². The highest BCUT2D eigenvalue weighted by Crippen LogP contribution is 2.44. The first-order valence-electron chi connectivity index (χ1n) is 5.20. The Morgan fingerprint density at radius 1 is 1.28 bits per heavy atom. The molecule has 1 heterocycles. The molecule has 1 unspecified atom stereocenters. The maximum absolute atomic E-state index is 6.04. The lowest BCUT2D eigenvalue weighted by molar-refractivity contribution is 0.191. The summed E-state index contributed by atoms with van der Waals surface area (Å²) in [5, 5.41) is 1.10. The minimum atomic E-state index is -0.316. The lowest BCUT2D eigenvalue weighted by Gasteiger charge is -2.15. The van der Waals surface area contributed by atoms with Gasteiger partial charge in [-0.2, -0.15) is 0 Å². The summed E-state index contributed by atoms with van der Waals surface area (Å²) in [6.45, 7) is 4.63. The van der Waals surface area contributed by atoms with E-state index in [-0.39, 0.29) is 21.4 Å². The predicted molar refractivity (Wildman–Crippen MR) is 75.5 cm³/mol. The fourth-order valence-electron chi connectivity index (χ4n) is 1.51. The van der Waals surface area contributed by atoms with E-state index < -0.39 is 0 Å². The van der Waals surface area contributed by atoms with E-state index in [2.05, 4.69) is 6.58 Å². The Morgan fingerprint density at radius 2 is 1.83 bits per heavy atom. The molecule has 0 amide bonds. The quantitative estimate of drug-likeness (QED) is 0.430. The highest BCUT2D eigenvalue weighted by Gasteiger charge is 2.44. The van der Waals surface area contributed by atoms with Crippen LogP contribution in [0, 0.1) is 0 Å². The smallest absolute Gasteiger partial charge is 0.159 e. The summed E-state index contributed by atoms with van der Waals surface area (Å²) in [4.78, 5) is 0. The Bertz CT molecular complexity index is 457. The topological polar surface area (TPSA) is 21.8 Å². The van der Waals surface area contributed by atoms with E-state index in [9.17, 15) is 0 Å². The van der Waals surface area contributed by atoms with Crippen LogP contribution in [0.1, 0.15) is 6.42 Å². The molecule has 2 rings (SSSR count). The molecule has 1 aliphatic rings. The molecule has 1 aromatic carbocycles. The lowest BCUT2D eigenvalue weighted by atomic mass is 10.1. The van der Waals surface area contributed by atoms with E-state index in [1.54, 1.807) is 6.08 Å². The average Bonchev–Trinajstić information content (AvgIpc) is 3.07. The largest absolute Gasteiger partial charge is 0.487 e. The van der Waals surface area contributed by atoms with Gasteiger partial charge in [0.15, 0.2) is 5.75 Å². The third-order valence-corrected chi connectivity index (χ3v) is 4.16. The maximum atomic E-state index is 6.04. The van der Waals surface area contributed by atoms with Gasteiger partial charge in [0.05, 0.1) is 16.7 Å². The summed E-state index contributed by atoms with van der Waals surface area (Å²) >= 11 is 23.9. The summed E-state index contributed by atoms with van der Waals surface area (Å²) in [5.41, 5.74) is -0.316. The van der Waals surface area contributed by atoms with Gasteiger partial charge in [0.2, 0.25) is 0 Å². The monoisotopic (exact) mass is 326 g/mol. The summed E-state index contributed by atoms with van der Waals surface area (Å²) in [6, 6.07) is 1.48. The summed E-state index contributed by atoms with van der Waals surface area (Å²) in [5.74, 6) is 0.287. The van der Waals surface area contributed by atoms with Crippen LogP contribution in [0.3, 0.4) is 0 Å². The van der Waals surface area contributed by atoms with Gasteiger partial charge in [0.1, 0.15) is 22.3 Å². The SMILES string of the molecule is C=CCC1(COc2c(Cl)c(Cl)cc(Cl)c2Cl)CO1. The van der Waals surface area contributed by atoms with Gasteiger partial charge in [-0.25, -0.2) is 0 Å². The van der Waals surface area contributed by atoms with Gasteiger partial charge in [-0.15, -0.1) is 6.58 Å². The van der Waals surface area contributed by atoms with E-state index in [1.165, 1.54) is 6.07 Å². The Balaban J connectivity index is 2.17. The van der Waals surface area contributed by atoms with Gasteiger partial charge in [-0.05, 0) is 12.5 Å². The predicted octanol–water partition coefficient (Wildman–Crippen LogP) is 5.02. The van der Waals surface area contributed by atoms with Crippen LogP contribution in [-0.4, -0.2) is 18.8 Å². The number of hydrogen-bond donors (Lipinski definition) is 0. The van der Waals surface area contributed by atoms with Crippen molar-refractivity contribution in [2.75, 3.05) is 13.2 Å². The van der Waals surface area contributed by atoms with Crippen molar-refractivity contribution in [3.05, 3.63) is 38.8 Å². The van der Waals surface area contributed by atoms with Crippen molar-refractivity contribution in [3.63, 3.8) is 0 Å². The Morgan fingerprint density at radius 3 is 2.28 bits per heavy atom. The van der Waals surface area contributed by atoms with Gasteiger partial charge >= 0.3 is 0 Å². The van der Waals surface area contributed by atoms with E-state index in [0.717, 1.165) is 0 Å². The molecule has 6 heteroatoms. The molecule has 98 valence electrons. The summed E-state index contributed by atoms with van der Waals surface area (Å²) < 4.78 is 11.0. The van der Waals surface area contributed by atoms with Gasteiger partial charge in [0, 0.05) is 0 Å². The van der Waals surface area contributed by atoms with Gasteiger partial charge in [-0.3, -0.25) is 0 Å². The van der Waals surface area contributed by atoms with E-state index in [0.29, 0.717) is 29.7 Å². The molecule has 0 saturated carbocycles. The molecule has 1 saturated heterocycles. The Labute approximate surface area is 125 Å². The van der Waals surface area contributed by atoms with Crippen LogP contribution in [0.4, 0.5) is 0 Å². The summed E-state index contributed by atoms with van der Waals surface area (Å²) in [7, 11) is 0. The van der Waals surface area contributed by atoms with Crippen LogP contribution >= 0.6 is 46.4 Å². The third-order valence-electron chi connectivity index (χ3n) is 2.62. The Hall–Kier alpha value is -0.120. The molecule has 0 radical (unpaired) electrons. The number of epoxide rings is 1. The molecule has 0 bridgehead atoms. The fourth-order valence-corrected chi connectivity index (χ4v) is 2.41. The number of hydrogen-bond acceptors (Lipinski definition) is 2. The van der Waals surface area contributed by atoms with Crippen LogP contribution in [0.5, 0.6) is 5.75 Å². The number of rotatable bonds is 5. The second-order valence-electron chi connectivity index (χ2n) is 4.05. The Kier molecular flexibility index (Phi) is 4.35.